The lowest BCUT2D eigenvalue weighted by atomic mass is 9.90. The number of ether oxygens (including phenoxy) is 1. The third kappa shape index (κ3) is 3.49. The summed E-state index contributed by atoms with van der Waals surface area (Å²) in [6.07, 6.45) is 6.09. The molecule has 2 unspecified atom stereocenters. The number of rotatable bonds is 4. The largest absolute Gasteiger partial charge is 0.481 e. The van der Waals surface area contributed by atoms with Crippen LogP contribution in [-0.4, -0.2) is 47.0 Å². The molecular weight excluding hydrogens is 384 g/mol. The predicted octanol–water partition coefficient (Wildman–Crippen LogP) is 4.18. The zero-order chi connectivity index (χ0) is 20.0. The van der Waals surface area contributed by atoms with E-state index in [1.165, 1.54) is 24.2 Å². The average Bonchev–Trinajstić information content (AvgIpc) is 3.20. The van der Waals surface area contributed by atoms with Crippen LogP contribution in [0.1, 0.15) is 25.7 Å². The van der Waals surface area contributed by atoms with Crippen molar-refractivity contribution < 1.29 is 9.53 Å². The van der Waals surface area contributed by atoms with Crippen LogP contribution in [0.3, 0.4) is 0 Å². The molecule has 7 heteroatoms. The lowest BCUT2D eigenvalue weighted by Gasteiger charge is -2.35. The highest BCUT2D eigenvalue weighted by molar-refractivity contribution is 7.22. The molecule has 29 heavy (non-hydrogen) atoms. The van der Waals surface area contributed by atoms with E-state index in [9.17, 15) is 4.79 Å². The van der Waals surface area contributed by atoms with Gasteiger partial charge in [-0.05, 0) is 62.1 Å². The van der Waals surface area contributed by atoms with Gasteiger partial charge in [0, 0.05) is 30.3 Å². The highest BCUT2D eigenvalue weighted by atomic mass is 32.1. The Kier molecular flexibility index (Phi) is 4.72. The predicted molar refractivity (Wildman–Crippen MR) is 115 cm³/mol. The first kappa shape index (κ1) is 18.5. The van der Waals surface area contributed by atoms with Gasteiger partial charge in [-0.1, -0.05) is 17.4 Å². The van der Waals surface area contributed by atoms with Crippen LogP contribution in [-0.2, 0) is 4.79 Å². The summed E-state index contributed by atoms with van der Waals surface area (Å²) in [7, 11) is 3.81. The lowest BCUT2D eigenvalue weighted by Crippen LogP contribution is -2.43. The number of anilines is 1. The number of amides is 1. The molecular formula is C22H24N4O2S. The lowest BCUT2D eigenvalue weighted by molar-refractivity contribution is -0.122. The van der Waals surface area contributed by atoms with Crippen molar-refractivity contribution in [3.8, 4) is 17.0 Å². The Morgan fingerprint density at radius 1 is 1.17 bits per heavy atom. The number of hydrogen-bond donors (Lipinski definition) is 1. The fourth-order valence-electron chi connectivity index (χ4n) is 4.69. The number of piperidine rings is 1. The summed E-state index contributed by atoms with van der Waals surface area (Å²) in [5.41, 5.74) is 3.02. The van der Waals surface area contributed by atoms with Crippen molar-refractivity contribution in [3.63, 3.8) is 0 Å². The van der Waals surface area contributed by atoms with Crippen molar-refractivity contribution in [1.29, 1.82) is 0 Å². The Labute approximate surface area is 173 Å². The Morgan fingerprint density at radius 3 is 2.69 bits per heavy atom. The second-order valence-electron chi connectivity index (χ2n) is 8.00. The number of aromatic nitrogens is 2. The molecule has 1 amide bonds. The monoisotopic (exact) mass is 408 g/mol. The molecule has 4 heterocycles. The first-order chi connectivity index (χ1) is 14.1. The zero-order valence-corrected chi connectivity index (χ0v) is 17.4. The number of fused-ring (bicyclic) bond motifs is 3. The van der Waals surface area contributed by atoms with Crippen molar-refractivity contribution in [2.75, 3.05) is 19.5 Å². The Morgan fingerprint density at radius 2 is 1.93 bits per heavy atom. The van der Waals surface area contributed by atoms with Gasteiger partial charge >= 0.3 is 0 Å². The number of nitrogens with one attached hydrogen (secondary N) is 1. The standard InChI is InChI=1S/C22H24N4O2S/c1-26-16-4-5-17(26)10-15(9-16)21(27)25-22-24-18-6-3-13(11-19(18)29-22)14-7-8-23-20(12-14)28-2/h3,6-8,11-12,15-17H,4-5,9-10H2,1-2H3,(H,24,25,27). The van der Waals surface area contributed by atoms with E-state index < -0.39 is 0 Å². The van der Waals surface area contributed by atoms with Gasteiger partial charge in [-0.15, -0.1) is 0 Å². The van der Waals surface area contributed by atoms with Gasteiger partial charge in [0.1, 0.15) is 0 Å². The maximum absolute atomic E-state index is 12.8. The van der Waals surface area contributed by atoms with Crippen molar-refractivity contribution in [2.45, 2.75) is 37.8 Å². The zero-order valence-electron chi connectivity index (χ0n) is 16.6. The van der Waals surface area contributed by atoms with Crippen molar-refractivity contribution >= 4 is 32.6 Å². The van der Waals surface area contributed by atoms with Crippen molar-refractivity contribution in [2.24, 2.45) is 5.92 Å². The minimum atomic E-state index is 0.0931. The number of nitrogens with zero attached hydrogens (tertiary/aromatic N) is 3. The summed E-state index contributed by atoms with van der Waals surface area (Å²) in [5.74, 6) is 0.802. The van der Waals surface area contributed by atoms with E-state index in [2.05, 4.69) is 33.3 Å². The molecule has 2 fully saturated rings. The Hall–Kier alpha value is -2.51. The normalized spacial score (nSPS) is 24.0. The van der Waals surface area contributed by atoms with Gasteiger partial charge in [0.25, 0.3) is 0 Å². The molecule has 1 N–H and O–H groups in total. The molecule has 5 rings (SSSR count). The highest BCUT2D eigenvalue weighted by Crippen LogP contribution is 2.38. The Bertz CT molecular complexity index is 1050. The van der Waals surface area contributed by atoms with E-state index in [1.807, 2.05) is 24.3 Å². The fourth-order valence-corrected chi connectivity index (χ4v) is 5.60. The summed E-state index contributed by atoms with van der Waals surface area (Å²) in [4.78, 5) is 24.1. The molecule has 2 bridgehead atoms. The molecule has 0 radical (unpaired) electrons. The maximum atomic E-state index is 12.8. The van der Waals surface area contributed by atoms with Crippen LogP contribution >= 0.6 is 11.3 Å². The molecule has 0 spiro atoms. The van der Waals surface area contributed by atoms with Crippen molar-refractivity contribution in [3.05, 3.63) is 36.5 Å². The smallest absolute Gasteiger partial charge is 0.229 e. The molecule has 1 aromatic carbocycles. The summed E-state index contributed by atoms with van der Waals surface area (Å²) < 4.78 is 6.28. The van der Waals surface area contributed by atoms with Gasteiger partial charge in [0.15, 0.2) is 5.13 Å². The fraction of sp³-hybridized carbons (Fsp3) is 0.409. The number of benzene rings is 1. The number of pyridine rings is 1. The SMILES string of the molecule is COc1cc(-c2ccc3nc(NC(=O)C4CC5CCC(C4)N5C)sc3c2)ccn1. The molecule has 2 aromatic heterocycles. The topological polar surface area (TPSA) is 67.3 Å². The van der Waals surface area contributed by atoms with Gasteiger partial charge in [-0.2, -0.15) is 0 Å². The van der Waals surface area contributed by atoms with Crippen LogP contribution in [0.25, 0.3) is 21.3 Å². The van der Waals surface area contributed by atoms with E-state index in [1.54, 1.807) is 13.3 Å². The van der Waals surface area contributed by atoms with E-state index in [0.717, 1.165) is 34.2 Å². The molecule has 2 atom stereocenters. The molecule has 0 saturated carbocycles. The van der Waals surface area contributed by atoms with Gasteiger partial charge < -0.3 is 15.0 Å². The van der Waals surface area contributed by atoms with E-state index in [0.29, 0.717) is 23.1 Å². The van der Waals surface area contributed by atoms with E-state index in [-0.39, 0.29) is 11.8 Å². The number of thiazole rings is 1. The van der Waals surface area contributed by atoms with Gasteiger partial charge in [-0.25, -0.2) is 9.97 Å². The molecule has 150 valence electrons. The minimum absolute atomic E-state index is 0.0931. The van der Waals surface area contributed by atoms with E-state index in [4.69, 9.17) is 4.74 Å². The second kappa shape index (κ2) is 7.39. The van der Waals surface area contributed by atoms with Gasteiger partial charge in [0.2, 0.25) is 11.8 Å². The first-order valence-corrected chi connectivity index (χ1v) is 10.9. The summed E-state index contributed by atoms with van der Waals surface area (Å²) in [6, 6.07) is 11.1. The molecule has 2 aliphatic heterocycles. The van der Waals surface area contributed by atoms with Crippen LogP contribution in [0.2, 0.25) is 0 Å². The summed E-state index contributed by atoms with van der Waals surface area (Å²) in [5, 5.41) is 3.76. The summed E-state index contributed by atoms with van der Waals surface area (Å²) in [6.45, 7) is 0. The molecule has 0 aliphatic carbocycles. The molecule has 6 nitrogen and oxygen atoms in total. The van der Waals surface area contributed by atoms with Crippen LogP contribution in [0.15, 0.2) is 36.5 Å². The number of hydrogen-bond acceptors (Lipinski definition) is 6. The Balaban J connectivity index is 1.34. The molecule has 3 aromatic rings. The first-order valence-electron chi connectivity index (χ1n) is 10.0. The molecule has 2 saturated heterocycles. The van der Waals surface area contributed by atoms with Crippen LogP contribution in [0, 0.1) is 5.92 Å². The number of carbonyl (C=O) groups excluding carboxylic acids is 1. The molecule has 2 aliphatic rings. The average molecular weight is 409 g/mol. The van der Waals surface area contributed by atoms with Crippen molar-refractivity contribution in [1.82, 2.24) is 14.9 Å². The highest BCUT2D eigenvalue weighted by Gasteiger charge is 2.40. The summed E-state index contributed by atoms with van der Waals surface area (Å²) >= 11 is 1.53. The third-order valence-corrected chi connectivity index (χ3v) is 7.30. The minimum Gasteiger partial charge on any atom is -0.481 e. The number of carbonyl (C=O) groups is 1. The van der Waals surface area contributed by atoms with Gasteiger partial charge in [-0.3, -0.25) is 4.79 Å². The van der Waals surface area contributed by atoms with Gasteiger partial charge in [0.05, 0.1) is 17.3 Å². The van der Waals surface area contributed by atoms with Crippen LogP contribution in [0.4, 0.5) is 5.13 Å². The quantitative estimate of drug-likeness (QED) is 0.702. The maximum Gasteiger partial charge on any atom is 0.229 e. The number of methoxy groups -OCH3 is 1. The van der Waals surface area contributed by atoms with E-state index >= 15 is 0 Å². The van der Waals surface area contributed by atoms with Crippen LogP contribution < -0.4 is 10.1 Å². The second-order valence-corrected chi connectivity index (χ2v) is 9.03. The third-order valence-electron chi connectivity index (χ3n) is 6.36. The van der Waals surface area contributed by atoms with Crippen LogP contribution in [0.5, 0.6) is 5.88 Å².